The zero-order chi connectivity index (χ0) is 26.0. The van der Waals surface area contributed by atoms with Crippen molar-refractivity contribution in [2.45, 2.75) is 75.8 Å². The lowest BCUT2D eigenvalue weighted by Gasteiger charge is -2.47. The van der Waals surface area contributed by atoms with Gasteiger partial charge in [0.15, 0.2) is 0 Å². The molecule has 36 heavy (non-hydrogen) atoms. The van der Waals surface area contributed by atoms with Crippen LogP contribution >= 0.6 is 11.8 Å². The number of hydrogen-bond acceptors (Lipinski definition) is 8. The molecular weight excluding hydrogens is 476 g/mol. The Morgan fingerprint density at radius 2 is 1.89 bits per heavy atom. The van der Waals surface area contributed by atoms with Crippen molar-refractivity contribution in [1.82, 2.24) is 20.0 Å². The van der Waals surface area contributed by atoms with E-state index in [1.54, 1.807) is 4.90 Å². The van der Waals surface area contributed by atoms with Crippen LogP contribution in [0.3, 0.4) is 0 Å². The Morgan fingerprint density at radius 3 is 2.53 bits per heavy atom. The lowest BCUT2D eigenvalue weighted by molar-refractivity contribution is -0.133. The number of amides is 1. The Kier molecular flexibility index (Phi) is 10.9. The standard InChI is InChI=1S/C27H40N4O4S/c1-21(2)17-23(24(33)25-28-29-26(35-25)36-16-15-30(3)4)31(20-32)27(13-9-6-10-14-27)19-34-18-22-11-7-5-8-12-22/h5,7-8,11-12,20-21,23H,6,9-10,13-19H2,1-4H3. The first kappa shape index (κ1) is 28.3. The van der Waals surface area contributed by atoms with Gasteiger partial charge in [-0.2, -0.15) is 0 Å². The third-order valence-corrected chi connectivity index (χ3v) is 7.44. The van der Waals surface area contributed by atoms with Gasteiger partial charge in [-0.25, -0.2) is 0 Å². The van der Waals surface area contributed by atoms with Crippen LogP contribution in [0.5, 0.6) is 0 Å². The molecule has 8 nitrogen and oxygen atoms in total. The molecule has 1 aromatic heterocycles. The first-order chi connectivity index (χ1) is 17.3. The molecule has 1 aliphatic carbocycles. The van der Waals surface area contributed by atoms with E-state index >= 15 is 0 Å². The minimum atomic E-state index is -0.680. The Bertz CT molecular complexity index is 944. The third kappa shape index (κ3) is 7.88. The highest BCUT2D eigenvalue weighted by Crippen LogP contribution is 2.37. The summed E-state index contributed by atoms with van der Waals surface area (Å²) in [6.45, 7) is 5.82. The maximum Gasteiger partial charge on any atom is 0.286 e. The molecule has 1 heterocycles. The molecule has 0 aliphatic heterocycles. The van der Waals surface area contributed by atoms with E-state index in [9.17, 15) is 9.59 Å². The molecule has 1 unspecified atom stereocenters. The minimum Gasteiger partial charge on any atom is -0.408 e. The maximum atomic E-state index is 13.7. The van der Waals surface area contributed by atoms with Crippen molar-refractivity contribution in [2.75, 3.05) is 33.0 Å². The average Bonchev–Trinajstić information content (AvgIpc) is 3.33. The molecule has 0 radical (unpaired) electrons. The molecule has 0 spiro atoms. The summed E-state index contributed by atoms with van der Waals surface area (Å²) in [4.78, 5) is 30.1. The van der Waals surface area contributed by atoms with Crippen LogP contribution < -0.4 is 0 Å². The van der Waals surface area contributed by atoms with Gasteiger partial charge in [-0.15, -0.1) is 10.2 Å². The summed E-state index contributed by atoms with van der Waals surface area (Å²) >= 11 is 1.43. The van der Waals surface area contributed by atoms with Gasteiger partial charge in [0, 0.05) is 12.3 Å². The number of ether oxygens (including phenoxy) is 1. The topological polar surface area (TPSA) is 88.8 Å². The largest absolute Gasteiger partial charge is 0.408 e. The number of Topliss-reactive ketones (excluding diaryl/α,β-unsaturated/α-hetero) is 1. The number of aromatic nitrogens is 2. The van der Waals surface area contributed by atoms with Gasteiger partial charge in [-0.1, -0.05) is 75.2 Å². The first-order valence-corrected chi connectivity index (χ1v) is 13.8. The molecule has 9 heteroatoms. The average molecular weight is 517 g/mol. The van der Waals surface area contributed by atoms with E-state index in [1.165, 1.54) is 11.8 Å². The van der Waals surface area contributed by atoms with Gasteiger partial charge in [-0.3, -0.25) is 9.59 Å². The van der Waals surface area contributed by atoms with Crippen LogP contribution in [0.15, 0.2) is 40.0 Å². The Labute approximate surface area is 219 Å². The van der Waals surface area contributed by atoms with Crippen LogP contribution in [0.4, 0.5) is 0 Å². The lowest BCUT2D eigenvalue weighted by atomic mass is 9.79. The predicted molar refractivity (Wildman–Crippen MR) is 141 cm³/mol. The number of benzene rings is 1. The highest BCUT2D eigenvalue weighted by molar-refractivity contribution is 7.99. The van der Waals surface area contributed by atoms with E-state index < -0.39 is 11.6 Å². The van der Waals surface area contributed by atoms with Gasteiger partial charge in [0.05, 0.1) is 18.8 Å². The van der Waals surface area contributed by atoms with E-state index in [-0.39, 0.29) is 17.6 Å². The fourth-order valence-electron chi connectivity index (χ4n) is 4.76. The van der Waals surface area contributed by atoms with E-state index in [1.807, 2.05) is 44.4 Å². The Morgan fingerprint density at radius 1 is 1.17 bits per heavy atom. The molecule has 0 bridgehead atoms. The van der Waals surface area contributed by atoms with Crippen LogP contribution in [-0.4, -0.2) is 76.8 Å². The van der Waals surface area contributed by atoms with Crippen molar-refractivity contribution in [3.8, 4) is 0 Å². The number of hydrogen-bond donors (Lipinski definition) is 0. The number of ketones is 1. The summed E-state index contributed by atoms with van der Waals surface area (Å²) in [5, 5.41) is 8.50. The quantitative estimate of drug-likeness (QED) is 0.191. The molecule has 3 rings (SSSR count). The number of rotatable bonds is 15. The zero-order valence-corrected chi connectivity index (χ0v) is 22.8. The van der Waals surface area contributed by atoms with E-state index in [4.69, 9.17) is 9.15 Å². The monoisotopic (exact) mass is 516 g/mol. The summed E-state index contributed by atoms with van der Waals surface area (Å²) in [6.07, 6.45) is 6.07. The molecule has 1 aliphatic rings. The van der Waals surface area contributed by atoms with Crippen molar-refractivity contribution in [1.29, 1.82) is 0 Å². The zero-order valence-electron chi connectivity index (χ0n) is 22.0. The van der Waals surface area contributed by atoms with Crippen LogP contribution in [0.25, 0.3) is 0 Å². The van der Waals surface area contributed by atoms with Gasteiger partial charge in [0.2, 0.25) is 12.2 Å². The smallest absolute Gasteiger partial charge is 0.286 e. The SMILES string of the molecule is CC(C)CC(C(=O)c1nnc(SCCN(C)C)o1)N(C=O)C1(COCc2ccccc2)CCCCC1. The number of nitrogens with zero attached hydrogens (tertiary/aromatic N) is 4. The van der Waals surface area contributed by atoms with Gasteiger partial charge in [-0.05, 0) is 44.8 Å². The number of carbonyl (C=O) groups excluding carboxylic acids is 2. The van der Waals surface area contributed by atoms with E-state index in [2.05, 4.69) is 28.9 Å². The molecule has 1 amide bonds. The van der Waals surface area contributed by atoms with E-state index in [0.29, 0.717) is 24.9 Å². The Hall–Kier alpha value is -2.23. The molecule has 2 aromatic rings. The van der Waals surface area contributed by atoms with Crippen LogP contribution in [0, 0.1) is 5.92 Å². The van der Waals surface area contributed by atoms with Gasteiger partial charge >= 0.3 is 0 Å². The summed E-state index contributed by atoms with van der Waals surface area (Å²) in [5.41, 5.74) is 0.550. The van der Waals surface area contributed by atoms with E-state index in [0.717, 1.165) is 56.4 Å². The third-order valence-electron chi connectivity index (χ3n) is 6.64. The lowest BCUT2D eigenvalue weighted by Crippen LogP contribution is -2.59. The molecule has 1 fully saturated rings. The summed E-state index contributed by atoms with van der Waals surface area (Å²) in [6, 6.07) is 9.33. The summed E-state index contributed by atoms with van der Waals surface area (Å²) < 4.78 is 11.9. The van der Waals surface area contributed by atoms with Crippen LogP contribution in [0.1, 0.15) is 68.6 Å². The van der Waals surface area contributed by atoms with Crippen molar-refractivity contribution in [2.24, 2.45) is 5.92 Å². The fraction of sp³-hybridized carbons (Fsp3) is 0.630. The molecule has 1 atom stereocenters. The molecule has 0 saturated heterocycles. The summed E-state index contributed by atoms with van der Waals surface area (Å²) in [7, 11) is 4.00. The van der Waals surface area contributed by atoms with Gasteiger partial charge in [0.1, 0.15) is 6.04 Å². The molecule has 1 aromatic carbocycles. The van der Waals surface area contributed by atoms with Crippen LogP contribution in [-0.2, 0) is 16.1 Å². The molecule has 1 saturated carbocycles. The molecule has 0 N–H and O–H groups in total. The second-order valence-corrected chi connectivity index (χ2v) is 11.4. The molecule has 198 valence electrons. The van der Waals surface area contributed by atoms with Crippen molar-refractivity contribution < 1.29 is 18.7 Å². The fourth-order valence-corrected chi connectivity index (χ4v) is 5.62. The van der Waals surface area contributed by atoms with Gasteiger partial charge < -0.3 is 19.0 Å². The predicted octanol–water partition coefficient (Wildman–Crippen LogP) is 4.70. The minimum absolute atomic E-state index is 0.0315. The number of carbonyl (C=O) groups is 2. The van der Waals surface area contributed by atoms with Gasteiger partial charge in [0.25, 0.3) is 11.1 Å². The number of thioether (sulfide) groups is 1. The highest BCUT2D eigenvalue weighted by Gasteiger charge is 2.44. The van der Waals surface area contributed by atoms with Crippen molar-refractivity contribution in [3.63, 3.8) is 0 Å². The van der Waals surface area contributed by atoms with Crippen molar-refractivity contribution in [3.05, 3.63) is 41.8 Å². The second-order valence-electron chi connectivity index (χ2n) is 10.3. The normalized spacial score (nSPS) is 16.3. The summed E-state index contributed by atoms with van der Waals surface area (Å²) in [5.74, 6) is 0.650. The Balaban J connectivity index is 1.80. The maximum absolute atomic E-state index is 13.7. The first-order valence-electron chi connectivity index (χ1n) is 12.9. The second kappa shape index (κ2) is 13.9. The highest BCUT2D eigenvalue weighted by atomic mass is 32.2. The molecular formula is C27H40N4O4S. The van der Waals surface area contributed by atoms with Crippen molar-refractivity contribution >= 4 is 24.0 Å². The van der Waals surface area contributed by atoms with Crippen LogP contribution in [0.2, 0.25) is 0 Å².